The van der Waals surface area contributed by atoms with E-state index in [1.165, 1.54) is 23.4 Å². The number of hydrogen-bond donors (Lipinski definition) is 2. The number of rotatable bonds is 2. The quantitative estimate of drug-likeness (QED) is 0.522. The number of hydrazine groups is 1. The van der Waals surface area contributed by atoms with Crippen LogP contribution in [0.15, 0.2) is 0 Å². The standard InChI is InChI=1S/C7H11N3S/c1-4-6(5-2-3-5)9-7(10-8)11-4/h5H,2-3,8H2,1H3,(H,9,10). The molecule has 0 aliphatic heterocycles. The molecule has 0 aromatic carbocycles. The molecule has 0 atom stereocenters. The molecule has 3 nitrogen and oxygen atoms in total. The molecule has 1 aromatic rings. The third-order valence-corrected chi connectivity index (χ3v) is 2.84. The summed E-state index contributed by atoms with van der Waals surface area (Å²) >= 11 is 1.64. The molecule has 1 fully saturated rings. The van der Waals surface area contributed by atoms with Crippen LogP contribution >= 0.6 is 11.3 Å². The lowest BCUT2D eigenvalue weighted by Gasteiger charge is -1.89. The van der Waals surface area contributed by atoms with Crippen LogP contribution in [0.5, 0.6) is 0 Å². The fraction of sp³-hybridized carbons (Fsp3) is 0.571. The number of aryl methyl sites for hydroxylation is 1. The first-order valence-corrected chi connectivity index (χ1v) is 4.57. The molecule has 0 spiro atoms. The van der Waals surface area contributed by atoms with E-state index in [1.54, 1.807) is 11.3 Å². The molecule has 1 aromatic heterocycles. The minimum absolute atomic E-state index is 0.730. The van der Waals surface area contributed by atoms with Gasteiger partial charge >= 0.3 is 0 Å². The molecule has 11 heavy (non-hydrogen) atoms. The molecule has 3 N–H and O–H groups in total. The number of nitrogens with zero attached hydrogens (tertiary/aromatic N) is 1. The van der Waals surface area contributed by atoms with E-state index in [-0.39, 0.29) is 0 Å². The Hall–Kier alpha value is -0.610. The van der Waals surface area contributed by atoms with Gasteiger partial charge in [0.2, 0.25) is 0 Å². The molecule has 1 heterocycles. The molecule has 0 unspecified atom stereocenters. The number of nitrogens with two attached hydrogens (primary N) is 1. The monoisotopic (exact) mass is 169 g/mol. The van der Waals surface area contributed by atoms with Gasteiger partial charge in [0.25, 0.3) is 0 Å². The minimum Gasteiger partial charge on any atom is -0.300 e. The highest BCUT2D eigenvalue weighted by atomic mass is 32.1. The SMILES string of the molecule is Cc1sc(NN)nc1C1CC1. The zero-order chi connectivity index (χ0) is 7.84. The highest BCUT2D eigenvalue weighted by molar-refractivity contribution is 7.15. The fourth-order valence-corrected chi connectivity index (χ4v) is 2.02. The van der Waals surface area contributed by atoms with Crippen LogP contribution in [0.25, 0.3) is 0 Å². The van der Waals surface area contributed by atoms with E-state index in [1.807, 2.05) is 0 Å². The Morgan fingerprint density at radius 3 is 2.82 bits per heavy atom. The maximum atomic E-state index is 5.25. The lowest BCUT2D eigenvalue weighted by atomic mass is 10.3. The van der Waals surface area contributed by atoms with Crippen LogP contribution < -0.4 is 11.3 Å². The predicted molar refractivity (Wildman–Crippen MR) is 46.6 cm³/mol. The van der Waals surface area contributed by atoms with E-state index in [9.17, 15) is 0 Å². The van der Waals surface area contributed by atoms with E-state index in [0.29, 0.717) is 0 Å². The van der Waals surface area contributed by atoms with E-state index < -0.39 is 0 Å². The van der Waals surface area contributed by atoms with Gasteiger partial charge in [-0.15, -0.1) is 11.3 Å². The normalized spacial score (nSPS) is 16.9. The first-order chi connectivity index (χ1) is 5.31. The molecule has 1 aliphatic rings. The van der Waals surface area contributed by atoms with Gasteiger partial charge in [0, 0.05) is 10.8 Å². The molecule has 0 bridgehead atoms. The van der Waals surface area contributed by atoms with E-state index in [4.69, 9.17) is 5.84 Å². The first-order valence-electron chi connectivity index (χ1n) is 3.75. The van der Waals surface area contributed by atoms with Crippen molar-refractivity contribution in [2.45, 2.75) is 25.7 Å². The van der Waals surface area contributed by atoms with Crippen molar-refractivity contribution < 1.29 is 0 Å². The summed E-state index contributed by atoms with van der Waals surface area (Å²) in [6, 6.07) is 0. The van der Waals surface area contributed by atoms with Crippen molar-refractivity contribution in [2.24, 2.45) is 5.84 Å². The second-order valence-electron chi connectivity index (χ2n) is 2.88. The maximum Gasteiger partial charge on any atom is 0.197 e. The second kappa shape index (κ2) is 2.46. The number of thiazole rings is 1. The average Bonchev–Trinajstić information content (AvgIpc) is 2.76. The molecule has 0 saturated heterocycles. The molecule has 2 rings (SSSR count). The Bertz CT molecular complexity index is 265. The second-order valence-corrected chi connectivity index (χ2v) is 4.08. The zero-order valence-corrected chi connectivity index (χ0v) is 7.24. The van der Waals surface area contributed by atoms with Gasteiger partial charge in [-0.25, -0.2) is 10.8 Å². The van der Waals surface area contributed by atoms with Crippen LogP contribution in [0.1, 0.15) is 29.3 Å². The number of nitrogens with one attached hydrogen (secondary N) is 1. The summed E-state index contributed by atoms with van der Waals surface area (Å²) < 4.78 is 0. The predicted octanol–water partition coefficient (Wildman–Crippen LogP) is 1.61. The average molecular weight is 169 g/mol. The van der Waals surface area contributed by atoms with Gasteiger partial charge in [-0.2, -0.15) is 0 Å². The van der Waals surface area contributed by atoms with E-state index in [0.717, 1.165) is 11.0 Å². The van der Waals surface area contributed by atoms with Crippen molar-refractivity contribution >= 4 is 16.5 Å². The number of nitrogen functional groups attached to an aromatic ring is 1. The Labute approximate surface area is 69.6 Å². The van der Waals surface area contributed by atoms with Gasteiger partial charge in [-0.3, -0.25) is 5.43 Å². The van der Waals surface area contributed by atoms with Gasteiger partial charge in [0.1, 0.15) is 0 Å². The highest BCUT2D eigenvalue weighted by Gasteiger charge is 2.28. The number of anilines is 1. The van der Waals surface area contributed by atoms with Gasteiger partial charge in [-0.05, 0) is 19.8 Å². The Balaban J connectivity index is 2.30. The van der Waals surface area contributed by atoms with Crippen molar-refractivity contribution in [1.29, 1.82) is 0 Å². The van der Waals surface area contributed by atoms with Crippen molar-refractivity contribution in [2.75, 3.05) is 5.43 Å². The van der Waals surface area contributed by atoms with Crippen LogP contribution in [-0.2, 0) is 0 Å². The van der Waals surface area contributed by atoms with Gasteiger partial charge < -0.3 is 0 Å². The van der Waals surface area contributed by atoms with Crippen LogP contribution in [0.2, 0.25) is 0 Å². The molecule has 0 amide bonds. The van der Waals surface area contributed by atoms with Crippen LogP contribution in [0.4, 0.5) is 5.13 Å². The van der Waals surface area contributed by atoms with Crippen molar-refractivity contribution in [1.82, 2.24) is 4.98 Å². The highest BCUT2D eigenvalue weighted by Crippen LogP contribution is 2.42. The lowest BCUT2D eigenvalue weighted by molar-refractivity contribution is 1.03. The smallest absolute Gasteiger partial charge is 0.197 e. The number of hydrogen-bond acceptors (Lipinski definition) is 4. The van der Waals surface area contributed by atoms with Crippen molar-refractivity contribution in [3.63, 3.8) is 0 Å². The molecule has 1 saturated carbocycles. The third-order valence-electron chi connectivity index (χ3n) is 1.92. The van der Waals surface area contributed by atoms with E-state index >= 15 is 0 Å². The summed E-state index contributed by atoms with van der Waals surface area (Å²) in [6.07, 6.45) is 2.60. The van der Waals surface area contributed by atoms with Crippen LogP contribution in [-0.4, -0.2) is 4.98 Å². The molecule has 1 aliphatic carbocycles. The summed E-state index contributed by atoms with van der Waals surface area (Å²) in [7, 11) is 0. The summed E-state index contributed by atoms with van der Waals surface area (Å²) in [5, 5.41) is 0.837. The molecule has 4 heteroatoms. The van der Waals surface area contributed by atoms with Crippen molar-refractivity contribution in [3.8, 4) is 0 Å². The van der Waals surface area contributed by atoms with Gasteiger partial charge in [-0.1, -0.05) is 0 Å². The first kappa shape index (κ1) is 7.06. The summed E-state index contributed by atoms with van der Waals surface area (Å²) in [4.78, 5) is 5.68. The van der Waals surface area contributed by atoms with Crippen molar-refractivity contribution in [3.05, 3.63) is 10.6 Å². The van der Waals surface area contributed by atoms with Gasteiger partial charge in [0.05, 0.1) is 5.69 Å². The zero-order valence-electron chi connectivity index (χ0n) is 6.42. The Morgan fingerprint density at radius 1 is 1.64 bits per heavy atom. The molecular formula is C7H11N3S. The Morgan fingerprint density at radius 2 is 2.36 bits per heavy atom. The lowest BCUT2D eigenvalue weighted by Crippen LogP contribution is -2.05. The maximum absolute atomic E-state index is 5.25. The van der Waals surface area contributed by atoms with Gasteiger partial charge in [0.15, 0.2) is 5.13 Å². The Kier molecular flexibility index (Phi) is 1.58. The van der Waals surface area contributed by atoms with E-state index in [2.05, 4.69) is 17.3 Å². The van der Waals surface area contributed by atoms with Crippen LogP contribution in [0.3, 0.4) is 0 Å². The minimum atomic E-state index is 0.730. The summed E-state index contributed by atoms with van der Waals surface area (Å²) in [5.41, 5.74) is 3.83. The van der Waals surface area contributed by atoms with Crippen LogP contribution in [0, 0.1) is 6.92 Å². The summed E-state index contributed by atoms with van der Waals surface area (Å²) in [5.74, 6) is 5.98. The molecule has 60 valence electrons. The third kappa shape index (κ3) is 1.23. The topological polar surface area (TPSA) is 50.9 Å². The molecular weight excluding hydrogens is 158 g/mol. The molecule has 0 radical (unpaired) electrons. The number of aromatic nitrogens is 1. The largest absolute Gasteiger partial charge is 0.300 e. The summed E-state index contributed by atoms with van der Waals surface area (Å²) in [6.45, 7) is 2.10. The fourth-order valence-electron chi connectivity index (χ4n) is 1.21.